The number of amides is 1. The molecule has 0 aromatic heterocycles. The largest absolute Gasteiger partial charge is 0.481 e. The Morgan fingerprint density at radius 2 is 1.70 bits per heavy atom. The van der Waals surface area contributed by atoms with Crippen LogP contribution in [0.5, 0.6) is 5.75 Å². The van der Waals surface area contributed by atoms with E-state index < -0.39 is 6.10 Å². The zero-order valence-electron chi connectivity index (χ0n) is 14.5. The maximum Gasteiger partial charge on any atom is 0.261 e. The van der Waals surface area contributed by atoms with E-state index in [0.29, 0.717) is 0 Å². The zero-order chi connectivity index (χ0) is 17.0. The van der Waals surface area contributed by atoms with Gasteiger partial charge in [-0.25, -0.2) is 0 Å². The van der Waals surface area contributed by atoms with Crippen LogP contribution < -0.4 is 10.1 Å². The minimum absolute atomic E-state index is 0.0462. The Morgan fingerprint density at radius 1 is 1.04 bits per heavy atom. The molecule has 23 heavy (non-hydrogen) atoms. The summed E-state index contributed by atoms with van der Waals surface area (Å²) in [5, 5.41) is 3.00. The van der Waals surface area contributed by atoms with Gasteiger partial charge in [0.15, 0.2) is 6.10 Å². The summed E-state index contributed by atoms with van der Waals surface area (Å²) in [4.78, 5) is 12.4. The maximum atomic E-state index is 12.4. The standard InChI is InChI=1S/C20H25NO2/c1-13-11-14(2)15(3)19(12-13)23-17(5)20(22)21-16(4)18-9-7-6-8-10-18/h6-12,16-17H,1-5H3,(H,21,22)/t16-,17+/m0/s1. The topological polar surface area (TPSA) is 38.3 Å². The molecule has 0 saturated heterocycles. The van der Waals surface area contributed by atoms with Crippen molar-refractivity contribution in [1.29, 1.82) is 0 Å². The van der Waals surface area contributed by atoms with Gasteiger partial charge in [0.25, 0.3) is 5.91 Å². The summed E-state index contributed by atoms with van der Waals surface area (Å²) in [6.45, 7) is 9.85. The highest BCUT2D eigenvalue weighted by Crippen LogP contribution is 2.24. The van der Waals surface area contributed by atoms with E-state index in [0.717, 1.165) is 22.4 Å². The lowest BCUT2D eigenvalue weighted by molar-refractivity contribution is -0.127. The average Bonchev–Trinajstić information content (AvgIpc) is 2.52. The van der Waals surface area contributed by atoms with Crippen molar-refractivity contribution in [1.82, 2.24) is 5.32 Å². The van der Waals surface area contributed by atoms with E-state index in [4.69, 9.17) is 4.74 Å². The fourth-order valence-electron chi connectivity index (χ4n) is 2.52. The van der Waals surface area contributed by atoms with Crippen molar-refractivity contribution in [2.45, 2.75) is 46.8 Å². The zero-order valence-corrected chi connectivity index (χ0v) is 14.5. The van der Waals surface area contributed by atoms with Crippen molar-refractivity contribution >= 4 is 5.91 Å². The number of rotatable bonds is 5. The smallest absolute Gasteiger partial charge is 0.261 e. The Balaban J connectivity index is 2.03. The molecule has 2 rings (SSSR count). The first-order chi connectivity index (χ1) is 10.9. The number of carbonyl (C=O) groups excluding carboxylic acids is 1. The van der Waals surface area contributed by atoms with Gasteiger partial charge in [0.1, 0.15) is 5.75 Å². The number of ether oxygens (including phenoxy) is 1. The van der Waals surface area contributed by atoms with Crippen LogP contribution >= 0.6 is 0 Å². The van der Waals surface area contributed by atoms with Crippen LogP contribution in [0, 0.1) is 20.8 Å². The van der Waals surface area contributed by atoms with Crippen LogP contribution in [0.25, 0.3) is 0 Å². The van der Waals surface area contributed by atoms with E-state index in [1.807, 2.05) is 57.2 Å². The molecule has 0 spiro atoms. The van der Waals surface area contributed by atoms with Crippen molar-refractivity contribution in [3.63, 3.8) is 0 Å². The summed E-state index contributed by atoms with van der Waals surface area (Å²) >= 11 is 0. The molecule has 0 aliphatic heterocycles. The van der Waals surface area contributed by atoms with Gasteiger partial charge in [-0.05, 0) is 62.9 Å². The lowest BCUT2D eigenvalue weighted by atomic mass is 10.1. The van der Waals surface area contributed by atoms with E-state index in [1.165, 1.54) is 5.56 Å². The van der Waals surface area contributed by atoms with Gasteiger partial charge in [0.2, 0.25) is 0 Å². The Bertz CT molecular complexity index is 680. The highest BCUT2D eigenvalue weighted by atomic mass is 16.5. The number of nitrogens with one attached hydrogen (secondary N) is 1. The molecule has 0 fully saturated rings. The molecule has 3 nitrogen and oxygen atoms in total. The van der Waals surface area contributed by atoms with Crippen LogP contribution in [-0.2, 0) is 4.79 Å². The van der Waals surface area contributed by atoms with Gasteiger partial charge in [-0.2, -0.15) is 0 Å². The number of aryl methyl sites for hydroxylation is 2. The molecule has 0 aliphatic carbocycles. The van der Waals surface area contributed by atoms with Crippen LogP contribution in [0.3, 0.4) is 0 Å². The lowest BCUT2D eigenvalue weighted by Crippen LogP contribution is -2.37. The molecule has 2 aromatic rings. The number of benzene rings is 2. The van der Waals surface area contributed by atoms with E-state index in [1.54, 1.807) is 6.92 Å². The molecule has 1 N–H and O–H groups in total. The summed E-state index contributed by atoms with van der Waals surface area (Å²) in [6.07, 6.45) is -0.541. The molecular formula is C20H25NO2. The molecule has 3 heteroatoms. The first-order valence-corrected chi connectivity index (χ1v) is 7.98. The van der Waals surface area contributed by atoms with Gasteiger partial charge in [-0.15, -0.1) is 0 Å². The summed E-state index contributed by atoms with van der Waals surface area (Å²) in [6, 6.07) is 14.0. The molecule has 0 radical (unpaired) electrons. The normalized spacial score (nSPS) is 13.3. The summed E-state index contributed by atoms with van der Waals surface area (Å²) < 4.78 is 5.89. The number of hydrogen-bond donors (Lipinski definition) is 1. The van der Waals surface area contributed by atoms with Crippen LogP contribution in [0.2, 0.25) is 0 Å². The summed E-state index contributed by atoms with van der Waals surface area (Å²) in [5.41, 5.74) is 4.46. The Kier molecular flexibility index (Phi) is 5.43. The Morgan fingerprint density at radius 3 is 2.35 bits per heavy atom. The van der Waals surface area contributed by atoms with Crippen molar-refractivity contribution in [3.05, 3.63) is 64.7 Å². The Hall–Kier alpha value is -2.29. The van der Waals surface area contributed by atoms with E-state index in [-0.39, 0.29) is 11.9 Å². The first kappa shape index (κ1) is 17.1. The van der Waals surface area contributed by atoms with Crippen molar-refractivity contribution in [3.8, 4) is 5.75 Å². The van der Waals surface area contributed by atoms with E-state index >= 15 is 0 Å². The van der Waals surface area contributed by atoms with Crippen LogP contribution in [0.15, 0.2) is 42.5 Å². The van der Waals surface area contributed by atoms with Crippen molar-refractivity contribution < 1.29 is 9.53 Å². The van der Waals surface area contributed by atoms with Gasteiger partial charge in [-0.3, -0.25) is 4.79 Å². The lowest BCUT2D eigenvalue weighted by Gasteiger charge is -2.20. The van der Waals surface area contributed by atoms with Gasteiger partial charge < -0.3 is 10.1 Å². The molecule has 0 aliphatic rings. The third-order valence-electron chi connectivity index (χ3n) is 4.10. The van der Waals surface area contributed by atoms with Gasteiger partial charge in [-0.1, -0.05) is 36.4 Å². The highest BCUT2D eigenvalue weighted by molar-refractivity contribution is 5.81. The predicted molar refractivity (Wildman–Crippen MR) is 93.7 cm³/mol. The minimum atomic E-state index is -0.541. The minimum Gasteiger partial charge on any atom is -0.481 e. The number of hydrogen-bond acceptors (Lipinski definition) is 2. The summed E-state index contributed by atoms with van der Waals surface area (Å²) in [7, 11) is 0. The fraction of sp³-hybridized carbons (Fsp3) is 0.350. The molecule has 0 bridgehead atoms. The molecule has 2 atom stereocenters. The van der Waals surface area contributed by atoms with Crippen LogP contribution in [0.1, 0.15) is 42.1 Å². The maximum absolute atomic E-state index is 12.4. The van der Waals surface area contributed by atoms with Crippen LogP contribution in [-0.4, -0.2) is 12.0 Å². The molecular weight excluding hydrogens is 286 g/mol. The molecule has 0 saturated carbocycles. The Labute approximate surface area is 138 Å². The first-order valence-electron chi connectivity index (χ1n) is 7.98. The third kappa shape index (κ3) is 4.35. The SMILES string of the molecule is Cc1cc(C)c(C)c(O[C@H](C)C(=O)N[C@@H](C)c2ccccc2)c1. The monoisotopic (exact) mass is 311 g/mol. The fourth-order valence-corrected chi connectivity index (χ4v) is 2.52. The quantitative estimate of drug-likeness (QED) is 0.896. The molecule has 122 valence electrons. The van der Waals surface area contributed by atoms with E-state index in [9.17, 15) is 4.79 Å². The average molecular weight is 311 g/mol. The van der Waals surface area contributed by atoms with Gasteiger partial charge in [0, 0.05) is 0 Å². The van der Waals surface area contributed by atoms with Crippen molar-refractivity contribution in [2.24, 2.45) is 0 Å². The molecule has 1 amide bonds. The second-order valence-corrected chi connectivity index (χ2v) is 6.11. The second kappa shape index (κ2) is 7.32. The third-order valence-corrected chi connectivity index (χ3v) is 4.10. The van der Waals surface area contributed by atoms with Crippen LogP contribution in [0.4, 0.5) is 0 Å². The predicted octanol–water partition coefficient (Wildman–Crippen LogP) is 4.26. The van der Waals surface area contributed by atoms with Crippen molar-refractivity contribution in [2.75, 3.05) is 0 Å². The van der Waals surface area contributed by atoms with Gasteiger partial charge in [0.05, 0.1) is 6.04 Å². The molecule has 0 heterocycles. The number of carbonyl (C=O) groups is 1. The summed E-state index contributed by atoms with van der Waals surface area (Å²) in [5.74, 6) is 0.664. The van der Waals surface area contributed by atoms with Gasteiger partial charge >= 0.3 is 0 Å². The molecule has 0 unspecified atom stereocenters. The van der Waals surface area contributed by atoms with E-state index in [2.05, 4.69) is 18.3 Å². The highest BCUT2D eigenvalue weighted by Gasteiger charge is 2.18. The molecule has 2 aromatic carbocycles. The second-order valence-electron chi connectivity index (χ2n) is 6.11.